The van der Waals surface area contributed by atoms with Crippen LogP contribution < -0.4 is 10.2 Å². The average molecular weight is 380 g/mol. The van der Waals surface area contributed by atoms with Crippen molar-refractivity contribution in [2.75, 3.05) is 16.8 Å². The Morgan fingerprint density at radius 3 is 2.54 bits per heavy atom. The Labute approximate surface area is 162 Å². The summed E-state index contributed by atoms with van der Waals surface area (Å²) in [5.41, 5.74) is 3.21. The van der Waals surface area contributed by atoms with E-state index in [0.29, 0.717) is 11.4 Å². The van der Waals surface area contributed by atoms with Gasteiger partial charge in [-0.15, -0.1) is 0 Å². The Bertz CT molecular complexity index is 983. The van der Waals surface area contributed by atoms with E-state index < -0.39 is 36.2 Å². The van der Waals surface area contributed by atoms with Crippen molar-refractivity contribution in [3.63, 3.8) is 0 Å². The second kappa shape index (κ2) is 7.64. The third kappa shape index (κ3) is 3.78. The van der Waals surface area contributed by atoms with Crippen LogP contribution >= 0.6 is 0 Å². The predicted molar refractivity (Wildman–Crippen MR) is 103 cm³/mol. The molecule has 0 bridgehead atoms. The number of ketones is 1. The maximum Gasteiger partial charge on any atom is 0.326 e. The van der Waals surface area contributed by atoms with Gasteiger partial charge in [-0.1, -0.05) is 29.8 Å². The van der Waals surface area contributed by atoms with Gasteiger partial charge in [0.2, 0.25) is 0 Å². The number of Topliss-reactive ketones (excluding diaryl/α,β-unsaturated/α-hetero) is 1. The highest BCUT2D eigenvalue weighted by molar-refractivity contribution is 6.52. The molecular weight excluding hydrogens is 360 g/mol. The summed E-state index contributed by atoms with van der Waals surface area (Å²) in [7, 11) is 0. The Hall–Kier alpha value is -3.48. The summed E-state index contributed by atoms with van der Waals surface area (Å²) in [6.45, 7) is 4.82. The molecule has 0 fully saturated rings. The largest absolute Gasteiger partial charge is 0.451 e. The van der Waals surface area contributed by atoms with Crippen LogP contribution in [0.5, 0.6) is 0 Å². The minimum atomic E-state index is -1.06. The van der Waals surface area contributed by atoms with E-state index in [0.717, 1.165) is 16.0 Å². The standard InChI is InChI=1S/C21H20N2O5/c1-12-8-9-16(13(2)10-12)22-20(26)14(3)28-18(24)11-23-17-7-5-4-6-15(17)19(25)21(23)27/h4-10,14H,11H2,1-3H3,(H,22,26)/t14-/m1/s1. The van der Waals surface area contributed by atoms with Crippen molar-refractivity contribution in [1.29, 1.82) is 0 Å². The lowest BCUT2D eigenvalue weighted by atomic mass is 10.1. The molecule has 144 valence electrons. The van der Waals surface area contributed by atoms with Crippen LogP contribution in [0.15, 0.2) is 42.5 Å². The summed E-state index contributed by atoms with van der Waals surface area (Å²) in [5.74, 6) is -2.71. The summed E-state index contributed by atoms with van der Waals surface area (Å²) < 4.78 is 5.15. The van der Waals surface area contributed by atoms with Gasteiger partial charge in [-0.25, -0.2) is 0 Å². The molecule has 2 amide bonds. The Morgan fingerprint density at radius 2 is 1.82 bits per heavy atom. The number of aryl methyl sites for hydroxylation is 2. The Morgan fingerprint density at radius 1 is 1.11 bits per heavy atom. The van der Waals surface area contributed by atoms with E-state index in [4.69, 9.17) is 4.74 Å². The highest BCUT2D eigenvalue weighted by atomic mass is 16.5. The van der Waals surface area contributed by atoms with Gasteiger partial charge in [0.1, 0.15) is 6.54 Å². The number of carbonyl (C=O) groups is 4. The number of para-hydroxylation sites is 1. The van der Waals surface area contributed by atoms with Gasteiger partial charge in [-0.3, -0.25) is 24.1 Å². The van der Waals surface area contributed by atoms with Crippen molar-refractivity contribution in [2.45, 2.75) is 26.9 Å². The van der Waals surface area contributed by atoms with Crippen LogP contribution in [0.4, 0.5) is 11.4 Å². The zero-order chi connectivity index (χ0) is 20.4. The van der Waals surface area contributed by atoms with E-state index in [-0.39, 0.29) is 5.56 Å². The highest BCUT2D eigenvalue weighted by Crippen LogP contribution is 2.28. The number of benzene rings is 2. The molecular formula is C21H20N2O5. The molecule has 0 radical (unpaired) electrons. The molecule has 1 atom stereocenters. The molecule has 1 N–H and O–H groups in total. The molecule has 0 saturated carbocycles. The molecule has 0 unspecified atom stereocenters. The summed E-state index contributed by atoms with van der Waals surface area (Å²) in [4.78, 5) is 49.7. The third-order valence-corrected chi connectivity index (χ3v) is 4.48. The number of rotatable bonds is 5. The zero-order valence-corrected chi connectivity index (χ0v) is 15.8. The molecule has 1 heterocycles. The first-order valence-electron chi connectivity index (χ1n) is 8.80. The number of hydrogen-bond donors (Lipinski definition) is 1. The molecule has 28 heavy (non-hydrogen) atoms. The van der Waals surface area contributed by atoms with Gasteiger partial charge in [-0.2, -0.15) is 0 Å². The molecule has 0 aliphatic carbocycles. The summed E-state index contributed by atoms with van der Waals surface area (Å²) in [5, 5.41) is 2.72. The first kappa shape index (κ1) is 19.3. The quantitative estimate of drug-likeness (QED) is 0.635. The molecule has 0 aromatic heterocycles. The van der Waals surface area contributed by atoms with Crippen LogP contribution in [0.25, 0.3) is 0 Å². The van der Waals surface area contributed by atoms with Crippen molar-refractivity contribution in [2.24, 2.45) is 0 Å². The monoisotopic (exact) mass is 380 g/mol. The molecule has 1 aliphatic heterocycles. The van der Waals surface area contributed by atoms with E-state index in [1.807, 2.05) is 26.0 Å². The molecule has 2 aromatic rings. The fourth-order valence-corrected chi connectivity index (χ4v) is 3.01. The average Bonchev–Trinajstić information content (AvgIpc) is 2.89. The summed E-state index contributed by atoms with van der Waals surface area (Å²) >= 11 is 0. The van der Waals surface area contributed by atoms with E-state index in [1.165, 1.54) is 13.0 Å². The van der Waals surface area contributed by atoms with Crippen molar-refractivity contribution in [3.05, 3.63) is 59.2 Å². The molecule has 0 spiro atoms. The second-order valence-corrected chi connectivity index (χ2v) is 6.68. The van der Waals surface area contributed by atoms with Gasteiger partial charge in [0.15, 0.2) is 6.10 Å². The Balaban J connectivity index is 1.62. The van der Waals surface area contributed by atoms with E-state index in [2.05, 4.69) is 5.32 Å². The van der Waals surface area contributed by atoms with Crippen molar-refractivity contribution >= 4 is 34.9 Å². The molecule has 7 nitrogen and oxygen atoms in total. The van der Waals surface area contributed by atoms with Crippen LogP contribution in [0, 0.1) is 13.8 Å². The molecule has 7 heteroatoms. The highest BCUT2D eigenvalue weighted by Gasteiger charge is 2.37. The second-order valence-electron chi connectivity index (χ2n) is 6.68. The van der Waals surface area contributed by atoms with Gasteiger partial charge in [-0.05, 0) is 44.5 Å². The van der Waals surface area contributed by atoms with Crippen LogP contribution in [-0.4, -0.2) is 36.2 Å². The lowest BCUT2D eigenvalue weighted by molar-refractivity contribution is -0.152. The number of ether oxygens (including phenoxy) is 1. The molecule has 1 aliphatic rings. The van der Waals surface area contributed by atoms with Crippen LogP contribution in [0.2, 0.25) is 0 Å². The van der Waals surface area contributed by atoms with Gasteiger partial charge in [0.25, 0.3) is 17.6 Å². The number of amides is 2. The minimum absolute atomic E-state index is 0.251. The van der Waals surface area contributed by atoms with Crippen molar-refractivity contribution in [3.8, 4) is 0 Å². The number of nitrogens with one attached hydrogen (secondary N) is 1. The van der Waals surface area contributed by atoms with Crippen molar-refractivity contribution < 1.29 is 23.9 Å². The first-order chi connectivity index (χ1) is 13.3. The SMILES string of the molecule is Cc1ccc(NC(=O)[C@@H](C)OC(=O)CN2C(=O)C(=O)c3ccccc32)c(C)c1. The number of esters is 1. The summed E-state index contributed by atoms with van der Waals surface area (Å²) in [6, 6.07) is 12.0. The zero-order valence-electron chi connectivity index (χ0n) is 15.8. The number of nitrogens with zero attached hydrogens (tertiary/aromatic N) is 1. The number of hydrogen-bond acceptors (Lipinski definition) is 5. The van der Waals surface area contributed by atoms with E-state index in [1.54, 1.807) is 24.3 Å². The van der Waals surface area contributed by atoms with Gasteiger partial charge >= 0.3 is 5.97 Å². The molecule has 2 aromatic carbocycles. The third-order valence-electron chi connectivity index (χ3n) is 4.48. The number of carbonyl (C=O) groups excluding carboxylic acids is 4. The van der Waals surface area contributed by atoms with E-state index in [9.17, 15) is 19.2 Å². The van der Waals surface area contributed by atoms with Gasteiger partial charge in [0.05, 0.1) is 11.3 Å². The van der Waals surface area contributed by atoms with Crippen molar-refractivity contribution in [1.82, 2.24) is 0 Å². The number of anilines is 2. The smallest absolute Gasteiger partial charge is 0.326 e. The van der Waals surface area contributed by atoms with Gasteiger partial charge < -0.3 is 10.1 Å². The maximum absolute atomic E-state index is 12.3. The minimum Gasteiger partial charge on any atom is -0.451 e. The van der Waals surface area contributed by atoms with E-state index >= 15 is 0 Å². The first-order valence-corrected chi connectivity index (χ1v) is 8.80. The topological polar surface area (TPSA) is 92.8 Å². The van der Waals surface area contributed by atoms with Crippen LogP contribution in [0.3, 0.4) is 0 Å². The fourth-order valence-electron chi connectivity index (χ4n) is 3.01. The molecule has 3 rings (SSSR count). The molecule has 0 saturated heterocycles. The summed E-state index contributed by atoms with van der Waals surface area (Å²) in [6.07, 6.45) is -1.06. The van der Waals surface area contributed by atoms with Crippen LogP contribution in [-0.2, 0) is 19.1 Å². The van der Waals surface area contributed by atoms with Gasteiger partial charge in [0, 0.05) is 5.69 Å². The van der Waals surface area contributed by atoms with Crippen LogP contribution in [0.1, 0.15) is 28.4 Å². The predicted octanol–water partition coefficient (Wildman–Crippen LogP) is 2.40. The normalized spacial score (nSPS) is 13.9. The fraction of sp³-hybridized carbons (Fsp3) is 0.238. The lowest BCUT2D eigenvalue weighted by Crippen LogP contribution is -2.38. The maximum atomic E-state index is 12.3. The lowest BCUT2D eigenvalue weighted by Gasteiger charge is -2.18. The Kier molecular flexibility index (Phi) is 5.26. The number of fused-ring (bicyclic) bond motifs is 1.